The van der Waals surface area contributed by atoms with Crippen molar-refractivity contribution in [1.82, 2.24) is 10.2 Å². The second kappa shape index (κ2) is 8.05. The van der Waals surface area contributed by atoms with E-state index in [1.54, 1.807) is 0 Å². The Balaban J connectivity index is 0.00000208. The van der Waals surface area contributed by atoms with Crippen molar-refractivity contribution in [3.05, 3.63) is 0 Å². The van der Waals surface area contributed by atoms with E-state index in [4.69, 9.17) is 5.73 Å². The van der Waals surface area contributed by atoms with Crippen molar-refractivity contribution in [3.8, 4) is 0 Å². The lowest BCUT2D eigenvalue weighted by atomic mass is 9.83. The van der Waals surface area contributed by atoms with E-state index in [-0.39, 0.29) is 42.1 Å². The van der Waals surface area contributed by atoms with Crippen LogP contribution in [0.2, 0.25) is 0 Å². The van der Waals surface area contributed by atoms with Crippen LogP contribution in [0.1, 0.15) is 46.0 Å². The summed E-state index contributed by atoms with van der Waals surface area (Å²) in [5.41, 5.74) is 6.33. The van der Waals surface area contributed by atoms with Gasteiger partial charge >= 0.3 is 0 Å². The third kappa shape index (κ3) is 3.88. The van der Waals surface area contributed by atoms with E-state index < -0.39 is 0 Å². The number of carbonyl (C=O) groups excluding carboxylic acids is 2. The van der Waals surface area contributed by atoms with Crippen LogP contribution >= 0.6 is 12.4 Å². The lowest BCUT2D eigenvalue weighted by Crippen LogP contribution is -2.51. The summed E-state index contributed by atoms with van der Waals surface area (Å²) in [5.74, 6) is 1.92. The second-order valence-electron chi connectivity index (χ2n) is 8.13. The van der Waals surface area contributed by atoms with Gasteiger partial charge in [-0.15, -0.1) is 12.4 Å². The number of nitrogens with zero attached hydrogens (tertiary/aromatic N) is 1. The number of fused-ring (bicyclic) bond motifs is 2. The monoisotopic (exact) mass is 357 g/mol. The molecule has 24 heavy (non-hydrogen) atoms. The Hall–Kier alpha value is -0.810. The molecule has 3 aliphatic rings. The Morgan fingerprint density at radius 3 is 2.54 bits per heavy atom. The van der Waals surface area contributed by atoms with Crippen molar-refractivity contribution in [1.29, 1.82) is 0 Å². The SMILES string of the molecule is CC(C)C(=O)NCC1CCCN(C(=O)C2C3CCC(C3)C2N)C1.Cl. The van der Waals surface area contributed by atoms with Crippen molar-refractivity contribution in [2.24, 2.45) is 35.3 Å². The van der Waals surface area contributed by atoms with Crippen molar-refractivity contribution in [2.45, 2.75) is 52.0 Å². The normalized spacial score (nSPS) is 35.0. The van der Waals surface area contributed by atoms with E-state index in [1.165, 1.54) is 12.8 Å². The van der Waals surface area contributed by atoms with Gasteiger partial charge < -0.3 is 16.0 Å². The third-order valence-electron chi connectivity index (χ3n) is 6.19. The van der Waals surface area contributed by atoms with Gasteiger partial charge in [0.15, 0.2) is 0 Å². The third-order valence-corrected chi connectivity index (χ3v) is 6.19. The van der Waals surface area contributed by atoms with Crippen LogP contribution in [-0.2, 0) is 9.59 Å². The number of piperidine rings is 1. The van der Waals surface area contributed by atoms with Gasteiger partial charge in [-0.25, -0.2) is 0 Å². The molecule has 1 aliphatic heterocycles. The first-order chi connectivity index (χ1) is 11.0. The topological polar surface area (TPSA) is 75.4 Å². The maximum absolute atomic E-state index is 13.0. The van der Waals surface area contributed by atoms with Crippen LogP contribution in [0.5, 0.6) is 0 Å². The minimum absolute atomic E-state index is 0. The van der Waals surface area contributed by atoms with Crippen LogP contribution in [0.4, 0.5) is 0 Å². The number of rotatable bonds is 4. The molecular formula is C18H32ClN3O2. The number of hydrogen-bond donors (Lipinski definition) is 2. The largest absolute Gasteiger partial charge is 0.356 e. The molecule has 2 saturated carbocycles. The van der Waals surface area contributed by atoms with Gasteiger partial charge in [0.25, 0.3) is 0 Å². The van der Waals surface area contributed by atoms with Crippen molar-refractivity contribution in [2.75, 3.05) is 19.6 Å². The molecule has 0 aromatic carbocycles. The molecule has 138 valence electrons. The molecule has 2 aliphatic carbocycles. The summed E-state index contributed by atoms with van der Waals surface area (Å²) in [6.45, 7) is 6.13. The zero-order valence-corrected chi connectivity index (χ0v) is 15.7. The molecular weight excluding hydrogens is 326 g/mol. The summed E-state index contributed by atoms with van der Waals surface area (Å²) in [6, 6.07) is 0.0715. The predicted octanol–water partition coefficient (Wildman–Crippen LogP) is 1.79. The number of nitrogens with one attached hydrogen (secondary N) is 1. The highest BCUT2D eigenvalue weighted by Gasteiger charge is 2.50. The molecule has 3 fully saturated rings. The minimum Gasteiger partial charge on any atom is -0.356 e. The Bertz CT molecular complexity index is 469. The quantitative estimate of drug-likeness (QED) is 0.805. The van der Waals surface area contributed by atoms with Crippen molar-refractivity contribution < 1.29 is 9.59 Å². The van der Waals surface area contributed by atoms with Crippen LogP contribution in [0, 0.1) is 29.6 Å². The van der Waals surface area contributed by atoms with E-state index in [2.05, 4.69) is 5.32 Å². The van der Waals surface area contributed by atoms with Gasteiger partial charge in [0, 0.05) is 31.6 Å². The van der Waals surface area contributed by atoms with Gasteiger partial charge in [-0.05, 0) is 49.9 Å². The number of halogens is 1. The minimum atomic E-state index is 0. The van der Waals surface area contributed by atoms with Crippen molar-refractivity contribution >= 4 is 24.2 Å². The fourth-order valence-corrected chi connectivity index (χ4v) is 4.79. The average Bonchev–Trinajstić information content (AvgIpc) is 3.13. The standard InChI is InChI=1S/C18H31N3O2.ClH/c1-11(2)17(22)20-9-12-4-3-7-21(10-12)18(23)15-13-5-6-14(8-13)16(15)19;/h11-16H,3-10,19H2,1-2H3,(H,20,22);1H. The van der Waals surface area contributed by atoms with E-state index in [9.17, 15) is 9.59 Å². The molecule has 0 spiro atoms. The van der Waals surface area contributed by atoms with E-state index in [1.807, 2.05) is 18.7 Å². The molecule has 1 saturated heterocycles. The fraction of sp³-hybridized carbons (Fsp3) is 0.889. The number of amides is 2. The van der Waals surface area contributed by atoms with Gasteiger partial charge in [-0.1, -0.05) is 13.8 Å². The summed E-state index contributed by atoms with van der Waals surface area (Å²) < 4.78 is 0. The average molecular weight is 358 g/mol. The van der Waals surface area contributed by atoms with Crippen LogP contribution in [-0.4, -0.2) is 42.4 Å². The molecule has 5 nitrogen and oxygen atoms in total. The van der Waals surface area contributed by atoms with Crippen LogP contribution in [0.3, 0.4) is 0 Å². The van der Waals surface area contributed by atoms with Gasteiger partial charge in [0.2, 0.25) is 11.8 Å². The predicted molar refractivity (Wildman–Crippen MR) is 96.7 cm³/mol. The van der Waals surface area contributed by atoms with Crippen LogP contribution in [0.25, 0.3) is 0 Å². The summed E-state index contributed by atoms with van der Waals surface area (Å²) in [4.78, 5) is 26.7. The van der Waals surface area contributed by atoms with Gasteiger partial charge in [0.05, 0.1) is 5.92 Å². The fourth-order valence-electron chi connectivity index (χ4n) is 4.79. The Kier molecular flexibility index (Phi) is 6.54. The maximum atomic E-state index is 13.0. The molecule has 6 heteroatoms. The van der Waals surface area contributed by atoms with Gasteiger partial charge in [-0.3, -0.25) is 9.59 Å². The first-order valence-corrected chi connectivity index (χ1v) is 9.29. The molecule has 5 unspecified atom stereocenters. The highest BCUT2D eigenvalue weighted by atomic mass is 35.5. The molecule has 0 aromatic heterocycles. The molecule has 3 N–H and O–H groups in total. The summed E-state index contributed by atoms with van der Waals surface area (Å²) in [5, 5.41) is 3.02. The smallest absolute Gasteiger partial charge is 0.227 e. The molecule has 0 radical (unpaired) electrons. The zero-order valence-electron chi connectivity index (χ0n) is 14.9. The molecule has 2 amide bonds. The first-order valence-electron chi connectivity index (χ1n) is 9.29. The number of likely N-dealkylation sites (tertiary alicyclic amines) is 1. The van der Waals surface area contributed by atoms with E-state index in [0.717, 1.165) is 32.4 Å². The van der Waals surface area contributed by atoms with Crippen LogP contribution in [0.15, 0.2) is 0 Å². The first kappa shape index (κ1) is 19.5. The highest BCUT2D eigenvalue weighted by molar-refractivity contribution is 5.85. The van der Waals surface area contributed by atoms with Gasteiger partial charge in [0.1, 0.15) is 0 Å². The van der Waals surface area contributed by atoms with Gasteiger partial charge in [-0.2, -0.15) is 0 Å². The Labute approximate surface area is 151 Å². The zero-order chi connectivity index (χ0) is 16.6. The van der Waals surface area contributed by atoms with Crippen LogP contribution < -0.4 is 11.1 Å². The molecule has 5 atom stereocenters. The Morgan fingerprint density at radius 2 is 1.92 bits per heavy atom. The number of nitrogens with two attached hydrogens (primary N) is 1. The number of carbonyl (C=O) groups is 2. The Morgan fingerprint density at radius 1 is 1.21 bits per heavy atom. The molecule has 0 aromatic rings. The highest BCUT2D eigenvalue weighted by Crippen LogP contribution is 2.48. The summed E-state index contributed by atoms with van der Waals surface area (Å²) in [6.07, 6.45) is 5.66. The van der Waals surface area contributed by atoms with E-state index >= 15 is 0 Å². The van der Waals surface area contributed by atoms with Crippen molar-refractivity contribution in [3.63, 3.8) is 0 Å². The lowest BCUT2D eigenvalue weighted by molar-refractivity contribution is -0.139. The lowest BCUT2D eigenvalue weighted by Gasteiger charge is -2.37. The summed E-state index contributed by atoms with van der Waals surface area (Å²) >= 11 is 0. The molecule has 2 bridgehead atoms. The second-order valence-corrected chi connectivity index (χ2v) is 8.13. The number of hydrogen-bond acceptors (Lipinski definition) is 3. The van der Waals surface area contributed by atoms with E-state index in [0.29, 0.717) is 24.3 Å². The molecule has 3 rings (SSSR count). The maximum Gasteiger partial charge on any atom is 0.227 e. The molecule has 1 heterocycles. The summed E-state index contributed by atoms with van der Waals surface area (Å²) in [7, 11) is 0.